The van der Waals surface area contributed by atoms with Crippen molar-refractivity contribution in [2.75, 3.05) is 0 Å². The normalized spacial score (nSPS) is 23.5. The molecule has 1 aromatic carbocycles. The average Bonchev–Trinajstić information content (AvgIpc) is 2.61. The topological polar surface area (TPSA) is 26.0 Å². The molecule has 1 unspecified atom stereocenters. The molecule has 17 heavy (non-hydrogen) atoms. The van der Waals surface area contributed by atoms with Gasteiger partial charge in [0.05, 0.1) is 0 Å². The predicted octanol–water partition coefficient (Wildman–Crippen LogP) is 4.33. The van der Waals surface area contributed by atoms with E-state index in [0.717, 1.165) is 16.1 Å². The van der Waals surface area contributed by atoms with Crippen molar-refractivity contribution in [3.05, 3.63) is 34.3 Å². The summed E-state index contributed by atoms with van der Waals surface area (Å²) in [6.07, 6.45) is 0. The minimum Gasteiger partial charge on any atom is -0.324 e. The molecule has 0 saturated heterocycles. The van der Waals surface area contributed by atoms with Gasteiger partial charge >= 0.3 is 0 Å². The predicted molar refractivity (Wildman–Crippen MR) is 74.2 cm³/mol. The molecule has 1 aromatic rings. The summed E-state index contributed by atoms with van der Waals surface area (Å²) in [7, 11) is 0. The van der Waals surface area contributed by atoms with Crippen LogP contribution >= 0.6 is 11.6 Å². The summed E-state index contributed by atoms with van der Waals surface area (Å²) in [6, 6.07) is 6.26. The average molecular weight is 252 g/mol. The van der Waals surface area contributed by atoms with Crippen LogP contribution in [0.25, 0.3) is 0 Å². The highest BCUT2D eigenvalue weighted by Crippen LogP contribution is 2.71. The van der Waals surface area contributed by atoms with Gasteiger partial charge < -0.3 is 5.73 Å². The van der Waals surface area contributed by atoms with Crippen molar-refractivity contribution >= 4 is 11.6 Å². The van der Waals surface area contributed by atoms with Gasteiger partial charge in [0.1, 0.15) is 0 Å². The molecular weight excluding hydrogens is 230 g/mol. The maximum Gasteiger partial charge on any atom is 0.0438 e. The molecule has 1 nitrogen and oxygen atoms in total. The van der Waals surface area contributed by atoms with Crippen LogP contribution in [0.1, 0.15) is 44.9 Å². The van der Waals surface area contributed by atoms with Gasteiger partial charge in [-0.1, -0.05) is 51.4 Å². The number of halogens is 1. The number of nitrogens with two attached hydrogens (primary N) is 1. The fraction of sp³-hybridized carbons (Fsp3) is 0.600. The second kappa shape index (κ2) is 3.73. The maximum absolute atomic E-state index is 6.41. The van der Waals surface area contributed by atoms with E-state index in [1.54, 1.807) is 0 Å². The van der Waals surface area contributed by atoms with Gasteiger partial charge in [0.15, 0.2) is 0 Å². The van der Waals surface area contributed by atoms with Crippen LogP contribution < -0.4 is 5.73 Å². The highest BCUT2D eigenvalue weighted by molar-refractivity contribution is 6.31. The molecule has 0 radical (unpaired) electrons. The lowest BCUT2D eigenvalue weighted by Crippen LogP contribution is -2.16. The summed E-state index contributed by atoms with van der Waals surface area (Å²) < 4.78 is 0. The van der Waals surface area contributed by atoms with E-state index >= 15 is 0 Å². The van der Waals surface area contributed by atoms with Crippen LogP contribution in [0.3, 0.4) is 0 Å². The first-order chi connectivity index (χ1) is 7.69. The zero-order chi connectivity index (χ0) is 13.0. The molecule has 0 amide bonds. The Morgan fingerprint density at radius 2 is 1.71 bits per heavy atom. The van der Waals surface area contributed by atoms with Crippen LogP contribution in [0.15, 0.2) is 18.2 Å². The van der Waals surface area contributed by atoms with E-state index in [1.807, 2.05) is 13.0 Å². The molecule has 1 saturated carbocycles. The Kier molecular flexibility index (Phi) is 2.83. The van der Waals surface area contributed by atoms with Gasteiger partial charge in [0.2, 0.25) is 0 Å². The molecule has 1 atom stereocenters. The van der Waals surface area contributed by atoms with E-state index in [9.17, 15) is 0 Å². The fourth-order valence-corrected chi connectivity index (χ4v) is 3.34. The van der Waals surface area contributed by atoms with E-state index in [4.69, 9.17) is 17.3 Å². The van der Waals surface area contributed by atoms with Crippen LogP contribution in [0.5, 0.6) is 0 Å². The van der Waals surface area contributed by atoms with Gasteiger partial charge in [-0.25, -0.2) is 0 Å². The number of benzene rings is 1. The zero-order valence-electron chi connectivity index (χ0n) is 11.3. The number of hydrogen-bond acceptors (Lipinski definition) is 1. The third-order valence-corrected chi connectivity index (χ3v) is 5.48. The monoisotopic (exact) mass is 251 g/mol. The summed E-state index contributed by atoms with van der Waals surface area (Å²) in [6.45, 7) is 11.2. The van der Waals surface area contributed by atoms with Crippen molar-refractivity contribution < 1.29 is 0 Å². The summed E-state index contributed by atoms with van der Waals surface area (Å²) in [5.74, 6) is 0.522. The lowest BCUT2D eigenvalue weighted by molar-refractivity contribution is 0.457. The maximum atomic E-state index is 6.41. The molecule has 0 aromatic heterocycles. The van der Waals surface area contributed by atoms with Crippen molar-refractivity contribution in [1.82, 2.24) is 0 Å². The minimum atomic E-state index is 0.0816. The molecule has 94 valence electrons. The Balaban J connectivity index is 2.28. The van der Waals surface area contributed by atoms with Crippen molar-refractivity contribution in [2.24, 2.45) is 22.5 Å². The van der Waals surface area contributed by atoms with E-state index < -0.39 is 0 Å². The first kappa shape index (κ1) is 12.9. The standard InChI is InChI=1S/C15H22ClN/c1-9-6-7-10(8-11(9)16)12(17)13-14(2,3)15(13,4)5/h6-8,12-13H,17H2,1-5H3. The summed E-state index contributed by atoms with van der Waals surface area (Å²) in [5.41, 5.74) is 9.30. The van der Waals surface area contributed by atoms with Crippen LogP contribution in [-0.4, -0.2) is 0 Å². The third kappa shape index (κ3) is 1.80. The van der Waals surface area contributed by atoms with Crippen LogP contribution in [-0.2, 0) is 0 Å². The summed E-state index contributed by atoms with van der Waals surface area (Å²) >= 11 is 6.17. The second-order valence-corrected chi connectivity index (χ2v) is 6.86. The number of aryl methyl sites for hydroxylation is 1. The van der Waals surface area contributed by atoms with E-state index in [1.165, 1.54) is 0 Å². The van der Waals surface area contributed by atoms with Crippen molar-refractivity contribution in [2.45, 2.75) is 40.7 Å². The molecule has 1 aliphatic rings. The molecule has 2 heteroatoms. The van der Waals surface area contributed by atoms with Gasteiger partial charge in [-0.2, -0.15) is 0 Å². The van der Waals surface area contributed by atoms with Gasteiger partial charge in [0, 0.05) is 11.1 Å². The lowest BCUT2D eigenvalue weighted by atomic mass is 9.97. The highest BCUT2D eigenvalue weighted by atomic mass is 35.5. The largest absolute Gasteiger partial charge is 0.324 e. The molecule has 2 N–H and O–H groups in total. The second-order valence-electron chi connectivity index (χ2n) is 6.46. The van der Waals surface area contributed by atoms with Crippen molar-refractivity contribution in [1.29, 1.82) is 0 Å². The number of hydrogen-bond donors (Lipinski definition) is 1. The molecular formula is C15H22ClN. The van der Waals surface area contributed by atoms with Crippen LogP contribution in [0.2, 0.25) is 5.02 Å². The zero-order valence-corrected chi connectivity index (χ0v) is 12.1. The van der Waals surface area contributed by atoms with E-state index in [-0.39, 0.29) is 6.04 Å². The van der Waals surface area contributed by atoms with Crippen LogP contribution in [0, 0.1) is 23.7 Å². The molecule has 0 heterocycles. The SMILES string of the molecule is Cc1ccc(C(N)C2C(C)(C)C2(C)C)cc1Cl. The summed E-state index contributed by atoms with van der Waals surface area (Å²) in [4.78, 5) is 0. The summed E-state index contributed by atoms with van der Waals surface area (Å²) in [5, 5.41) is 0.814. The first-order valence-electron chi connectivity index (χ1n) is 6.21. The molecule has 2 rings (SSSR count). The molecule has 1 fully saturated rings. The molecule has 0 bridgehead atoms. The van der Waals surface area contributed by atoms with Gasteiger partial charge in [-0.15, -0.1) is 0 Å². The Bertz CT molecular complexity index is 434. The smallest absolute Gasteiger partial charge is 0.0438 e. The van der Waals surface area contributed by atoms with E-state index in [2.05, 4.69) is 39.8 Å². The Morgan fingerprint density at radius 3 is 2.12 bits per heavy atom. The number of rotatable bonds is 2. The Labute approximate surface area is 109 Å². The third-order valence-electron chi connectivity index (χ3n) is 5.07. The van der Waals surface area contributed by atoms with Gasteiger partial charge in [0.25, 0.3) is 0 Å². The van der Waals surface area contributed by atoms with E-state index in [0.29, 0.717) is 16.7 Å². The van der Waals surface area contributed by atoms with Crippen molar-refractivity contribution in [3.8, 4) is 0 Å². The van der Waals surface area contributed by atoms with Gasteiger partial charge in [-0.05, 0) is 40.9 Å². The first-order valence-corrected chi connectivity index (χ1v) is 6.59. The van der Waals surface area contributed by atoms with Crippen molar-refractivity contribution in [3.63, 3.8) is 0 Å². The Hall–Kier alpha value is -0.530. The lowest BCUT2D eigenvalue weighted by Gasteiger charge is -2.15. The quantitative estimate of drug-likeness (QED) is 0.832. The van der Waals surface area contributed by atoms with Gasteiger partial charge in [-0.3, -0.25) is 0 Å². The minimum absolute atomic E-state index is 0.0816. The highest BCUT2D eigenvalue weighted by Gasteiger charge is 2.66. The molecule has 0 aliphatic heterocycles. The molecule has 1 aliphatic carbocycles. The fourth-order valence-electron chi connectivity index (χ4n) is 3.15. The molecule has 0 spiro atoms. The van der Waals surface area contributed by atoms with Crippen LogP contribution in [0.4, 0.5) is 0 Å². The Morgan fingerprint density at radius 1 is 1.18 bits per heavy atom.